The van der Waals surface area contributed by atoms with Crippen molar-refractivity contribution in [3.8, 4) is 0 Å². The highest BCUT2D eigenvalue weighted by Gasteiger charge is 2.00. The van der Waals surface area contributed by atoms with Crippen LogP contribution in [0.2, 0.25) is 0 Å². The molecule has 0 aliphatic heterocycles. The molecular formula is C12H16O2. The van der Waals surface area contributed by atoms with Crippen LogP contribution in [-0.2, 0) is 17.6 Å². The Labute approximate surface area is 84.6 Å². The molecule has 0 aromatic heterocycles. The zero-order chi connectivity index (χ0) is 10.4. The Bertz CT molecular complexity index is 305. The van der Waals surface area contributed by atoms with E-state index >= 15 is 0 Å². The first-order chi connectivity index (χ1) is 6.72. The van der Waals surface area contributed by atoms with Crippen LogP contribution in [0.1, 0.15) is 30.9 Å². The van der Waals surface area contributed by atoms with Crippen LogP contribution in [0.25, 0.3) is 0 Å². The van der Waals surface area contributed by atoms with Crippen molar-refractivity contribution in [2.24, 2.45) is 0 Å². The van der Waals surface area contributed by atoms with Gasteiger partial charge in [-0.15, -0.1) is 0 Å². The van der Waals surface area contributed by atoms with Gasteiger partial charge in [0.05, 0.1) is 6.42 Å². The highest BCUT2D eigenvalue weighted by Crippen LogP contribution is 2.09. The van der Waals surface area contributed by atoms with Gasteiger partial charge in [0.15, 0.2) is 0 Å². The first kappa shape index (κ1) is 10.8. The summed E-state index contributed by atoms with van der Waals surface area (Å²) < 4.78 is 0. The summed E-state index contributed by atoms with van der Waals surface area (Å²) in [5.41, 5.74) is 2.14. The van der Waals surface area contributed by atoms with Crippen molar-refractivity contribution >= 4 is 5.97 Å². The lowest BCUT2D eigenvalue weighted by Crippen LogP contribution is -2.00. The lowest BCUT2D eigenvalue weighted by molar-refractivity contribution is -0.136. The van der Waals surface area contributed by atoms with Crippen LogP contribution >= 0.6 is 0 Å². The van der Waals surface area contributed by atoms with Gasteiger partial charge in [-0.05, 0) is 24.0 Å². The maximum Gasteiger partial charge on any atom is 0.307 e. The fourth-order valence-corrected chi connectivity index (χ4v) is 1.45. The Morgan fingerprint density at radius 2 is 2.07 bits per heavy atom. The largest absolute Gasteiger partial charge is 0.481 e. The van der Waals surface area contributed by atoms with E-state index in [-0.39, 0.29) is 6.42 Å². The molecule has 0 spiro atoms. The van der Waals surface area contributed by atoms with Crippen LogP contribution < -0.4 is 0 Å². The van der Waals surface area contributed by atoms with Crippen molar-refractivity contribution in [2.45, 2.75) is 32.6 Å². The number of rotatable bonds is 5. The minimum atomic E-state index is -0.766. The number of aryl methyl sites for hydroxylation is 1. The van der Waals surface area contributed by atoms with E-state index < -0.39 is 5.97 Å². The molecule has 0 saturated carbocycles. The Morgan fingerprint density at radius 1 is 1.36 bits per heavy atom. The molecule has 0 radical (unpaired) electrons. The van der Waals surface area contributed by atoms with Gasteiger partial charge in [0.25, 0.3) is 0 Å². The van der Waals surface area contributed by atoms with Gasteiger partial charge in [-0.3, -0.25) is 4.79 Å². The minimum absolute atomic E-state index is 0.125. The molecule has 0 heterocycles. The van der Waals surface area contributed by atoms with Crippen molar-refractivity contribution < 1.29 is 9.90 Å². The molecule has 0 fully saturated rings. The van der Waals surface area contributed by atoms with Gasteiger partial charge in [-0.2, -0.15) is 0 Å². The first-order valence-corrected chi connectivity index (χ1v) is 5.02. The smallest absolute Gasteiger partial charge is 0.307 e. The van der Waals surface area contributed by atoms with E-state index in [1.165, 1.54) is 12.0 Å². The normalized spacial score (nSPS) is 10.1. The van der Waals surface area contributed by atoms with Crippen molar-refractivity contribution in [1.29, 1.82) is 0 Å². The molecule has 0 aliphatic rings. The fourth-order valence-electron chi connectivity index (χ4n) is 1.45. The van der Waals surface area contributed by atoms with Crippen LogP contribution in [0.4, 0.5) is 0 Å². The predicted molar refractivity (Wildman–Crippen MR) is 56.4 cm³/mol. The third-order valence-corrected chi connectivity index (χ3v) is 2.17. The van der Waals surface area contributed by atoms with Crippen molar-refractivity contribution in [3.63, 3.8) is 0 Å². The molecule has 1 N–H and O–H groups in total. The molecule has 76 valence electrons. The highest BCUT2D eigenvalue weighted by molar-refractivity contribution is 5.70. The SMILES string of the molecule is CCCCc1cccc(CC(=O)O)c1. The third kappa shape index (κ3) is 3.60. The summed E-state index contributed by atoms with van der Waals surface area (Å²) in [6, 6.07) is 7.84. The van der Waals surface area contributed by atoms with Gasteiger partial charge >= 0.3 is 5.97 Å². The summed E-state index contributed by atoms with van der Waals surface area (Å²) >= 11 is 0. The second kappa shape index (κ2) is 5.43. The van der Waals surface area contributed by atoms with Crippen LogP contribution in [0.5, 0.6) is 0 Å². The molecule has 0 aliphatic carbocycles. The molecule has 1 rings (SSSR count). The molecule has 14 heavy (non-hydrogen) atoms. The van der Waals surface area contributed by atoms with Crippen LogP contribution in [0, 0.1) is 0 Å². The number of hydrogen-bond acceptors (Lipinski definition) is 1. The number of carboxylic acid groups (broad SMARTS) is 1. The maximum atomic E-state index is 10.5. The van der Waals surface area contributed by atoms with Gasteiger partial charge in [0.2, 0.25) is 0 Å². The third-order valence-electron chi connectivity index (χ3n) is 2.17. The average Bonchev–Trinajstić information content (AvgIpc) is 2.14. The summed E-state index contributed by atoms with van der Waals surface area (Å²) in [5, 5.41) is 8.63. The van der Waals surface area contributed by atoms with Crippen molar-refractivity contribution in [3.05, 3.63) is 35.4 Å². The molecule has 0 bridgehead atoms. The number of hydrogen-bond donors (Lipinski definition) is 1. The van der Waals surface area contributed by atoms with E-state index in [0.717, 1.165) is 18.4 Å². The van der Waals surface area contributed by atoms with E-state index in [2.05, 4.69) is 13.0 Å². The predicted octanol–water partition coefficient (Wildman–Crippen LogP) is 2.66. The summed E-state index contributed by atoms with van der Waals surface area (Å²) in [5.74, 6) is -0.766. The van der Waals surface area contributed by atoms with Crippen molar-refractivity contribution in [1.82, 2.24) is 0 Å². The number of aliphatic carboxylic acids is 1. The zero-order valence-electron chi connectivity index (χ0n) is 8.49. The Balaban J connectivity index is 2.63. The zero-order valence-corrected chi connectivity index (χ0v) is 8.49. The Hall–Kier alpha value is -1.31. The second-order valence-electron chi connectivity index (χ2n) is 3.49. The average molecular weight is 192 g/mol. The Morgan fingerprint density at radius 3 is 2.71 bits per heavy atom. The number of carboxylic acids is 1. The molecule has 1 aromatic carbocycles. The van der Waals surface area contributed by atoms with Gasteiger partial charge < -0.3 is 5.11 Å². The molecule has 0 amide bonds. The maximum absolute atomic E-state index is 10.5. The van der Waals surface area contributed by atoms with Crippen LogP contribution in [-0.4, -0.2) is 11.1 Å². The van der Waals surface area contributed by atoms with Crippen LogP contribution in [0.3, 0.4) is 0 Å². The molecule has 0 atom stereocenters. The van der Waals surface area contributed by atoms with Gasteiger partial charge in [0, 0.05) is 0 Å². The second-order valence-corrected chi connectivity index (χ2v) is 3.49. The van der Waals surface area contributed by atoms with Crippen molar-refractivity contribution in [2.75, 3.05) is 0 Å². The summed E-state index contributed by atoms with van der Waals surface area (Å²) in [6.07, 6.45) is 3.50. The quantitative estimate of drug-likeness (QED) is 0.778. The standard InChI is InChI=1S/C12H16O2/c1-2-3-5-10-6-4-7-11(8-10)9-12(13)14/h4,6-8H,2-3,5,9H2,1H3,(H,13,14). The first-order valence-electron chi connectivity index (χ1n) is 5.02. The minimum Gasteiger partial charge on any atom is -0.481 e. The van der Waals surface area contributed by atoms with E-state index in [1.807, 2.05) is 18.2 Å². The lowest BCUT2D eigenvalue weighted by Gasteiger charge is -2.02. The molecule has 1 aromatic rings. The molecule has 0 saturated heterocycles. The number of carbonyl (C=O) groups is 1. The van der Waals surface area contributed by atoms with Gasteiger partial charge in [-0.1, -0.05) is 37.6 Å². The van der Waals surface area contributed by atoms with Crippen LogP contribution in [0.15, 0.2) is 24.3 Å². The van der Waals surface area contributed by atoms with Gasteiger partial charge in [-0.25, -0.2) is 0 Å². The van der Waals surface area contributed by atoms with E-state index in [1.54, 1.807) is 0 Å². The van der Waals surface area contributed by atoms with Gasteiger partial charge in [0.1, 0.15) is 0 Å². The monoisotopic (exact) mass is 192 g/mol. The molecule has 2 heteroatoms. The summed E-state index contributed by atoms with van der Waals surface area (Å²) in [7, 11) is 0. The molecule has 0 unspecified atom stereocenters. The van der Waals surface area contributed by atoms with E-state index in [0.29, 0.717) is 0 Å². The fraction of sp³-hybridized carbons (Fsp3) is 0.417. The lowest BCUT2D eigenvalue weighted by atomic mass is 10.0. The Kier molecular flexibility index (Phi) is 4.17. The number of unbranched alkanes of at least 4 members (excludes halogenated alkanes) is 1. The van der Waals surface area contributed by atoms with E-state index in [9.17, 15) is 4.79 Å². The number of benzene rings is 1. The molecular weight excluding hydrogens is 176 g/mol. The highest BCUT2D eigenvalue weighted by atomic mass is 16.4. The summed E-state index contributed by atoms with van der Waals surface area (Å²) in [4.78, 5) is 10.5. The summed E-state index contributed by atoms with van der Waals surface area (Å²) in [6.45, 7) is 2.15. The topological polar surface area (TPSA) is 37.3 Å². The van der Waals surface area contributed by atoms with E-state index in [4.69, 9.17) is 5.11 Å². The molecule has 2 nitrogen and oxygen atoms in total.